The maximum Gasteiger partial charge on any atom is 0.488 e. The average molecular weight is 552 g/mol. The van der Waals surface area contributed by atoms with Crippen molar-refractivity contribution < 1.29 is 26.0 Å². The summed E-state index contributed by atoms with van der Waals surface area (Å²) in [5.74, 6) is -0.256. The Labute approximate surface area is 225 Å². The number of halogens is 1. The van der Waals surface area contributed by atoms with E-state index in [2.05, 4.69) is 38.5 Å². The lowest BCUT2D eigenvalue weighted by atomic mass is 9.98. The topological polar surface area (TPSA) is 125 Å². The normalized spacial score (nSPS) is 15.3. The molecule has 1 fully saturated rings. The second-order valence-electron chi connectivity index (χ2n) is 9.47. The number of carbonyl (C=O) groups excluding carboxylic acids is 1. The van der Waals surface area contributed by atoms with Crippen LogP contribution in [0.1, 0.15) is 28.2 Å². The van der Waals surface area contributed by atoms with Gasteiger partial charge in [-0.15, -0.1) is 0 Å². The summed E-state index contributed by atoms with van der Waals surface area (Å²) in [5.41, 5.74) is 14.4. The van der Waals surface area contributed by atoms with E-state index in [0.717, 1.165) is 11.1 Å². The number of azide groups is 1. The van der Waals surface area contributed by atoms with Gasteiger partial charge in [0.15, 0.2) is 0 Å². The van der Waals surface area contributed by atoms with Crippen LogP contribution in [-0.4, -0.2) is 57.1 Å². The largest absolute Gasteiger partial charge is 0.488 e. The van der Waals surface area contributed by atoms with Crippen molar-refractivity contribution in [2.24, 2.45) is 5.11 Å². The van der Waals surface area contributed by atoms with Gasteiger partial charge >= 0.3 is 16.6 Å². The lowest BCUT2D eigenvalue weighted by Gasteiger charge is -2.34. The number of fused-ring (bicyclic) bond motifs is 3. The zero-order valence-electron chi connectivity index (χ0n) is 21.2. The van der Waals surface area contributed by atoms with E-state index in [-0.39, 0.29) is 35.6 Å². The summed E-state index contributed by atoms with van der Waals surface area (Å²) in [7, 11) is -5.25. The van der Waals surface area contributed by atoms with E-state index in [0.29, 0.717) is 38.3 Å². The molecule has 0 atom stereocenters. The van der Waals surface area contributed by atoms with Crippen molar-refractivity contribution in [3.05, 3.63) is 93.4 Å². The van der Waals surface area contributed by atoms with Crippen molar-refractivity contribution in [1.29, 1.82) is 0 Å². The van der Waals surface area contributed by atoms with Crippen LogP contribution in [0.15, 0.2) is 65.8 Å². The van der Waals surface area contributed by atoms with Gasteiger partial charge in [-0.05, 0) is 52.4 Å². The zero-order valence-corrected chi connectivity index (χ0v) is 22.0. The Hall–Kier alpha value is -4.12. The van der Waals surface area contributed by atoms with Crippen LogP contribution in [0, 0.1) is 6.92 Å². The van der Waals surface area contributed by atoms with Gasteiger partial charge in [-0.25, -0.2) is 4.79 Å². The summed E-state index contributed by atoms with van der Waals surface area (Å²) in [6.45, 7) is 4.02. The number of benzene rings is 3. The van der Waals surface area contributed by atoms with E-state index in [4.69, 9.17) is 10.3 Å². The van der Waals surface area contributed by atoms with Gasteiger partial charge < -0.3 is 13.8 Å². The highest BCUT2D eigenvalue weighted by Gasteiger charge is 2.30. The van der Waals surface area contributed by atoms with Crippen LogP contribution in [0.3, 0.4) is 0 Å². The van der Waals surface area contributed by atoms with Crippen molar-refractivity contribution in [3.63, 3.8) is 0 Å². The third kappa shape index (κ3) is 5.83. The molecule has 39 heavy (non-hydrogen) atoms. The van der Waals surface area contributed by atoms with E-state index >= 15 is 0 Å². The fourth-order valence-corrected chi connectivity index (χ4v) is 5.59. The molecular weight excluding hydrogens is 525 g/mol. The van der Waals surface area contributed by atoms with Crippen LogP contribution >= 0.6 is 0 Å². The molecule has 5 rings (SSSR count). The third-order valence-corrected chi connectivity index (χ3v) is 7.49. The van der Waals surface area contributed by atoms with Crippen LogP contribution < -0.4 is 4.18 Å². The number of hydrogen-bond acceptors (Lipinski definition) is 7. The summed E-state index contributed by atoms with van der Waals surface area (Å²) in [6.07, 6.45) is -0.374. The molecule has 1 heterocycles. The molecule has 0 bridgehead atoms. The van der Waals surface area contributed by atoms with Crippen LogP contribution in [0.2, 0.25) is 0 Å². The van der Waals surface area contributed by atoms with E-state index in [1.165, 1.54) is 24.1 Å². The van der Waals surface area contributed by atoms with Crippen LogP contribution in [0.5, 0.6) is 5.75 Å². The second kappa shape index (κ2) is 10.9. The first-order valence-corrected chi connectivity index (χ1v) is 13.7. The Morgan fingerprint density at radius 3 is 2.26 bits per heavy atom. The molecule has 0 N–H and O–H groups in total. The van der Waals surface area contributed by atoms with E-state index in [1.54, 1.807) is 11.0 Å². The molecule has 0 aromatic heterocycles. The van der Waals surface area contributed by atoms with Crippen molar-refractivity contribution in [3.8, 4) is 16.9 Å². The molecule has 3 aromatic rings. The first kappa shape index (κ1) is 26.5. The second-order valence-corrected chi connectivity index (χ2v) is 10.4. The molecule has 1 aliphatic carbocycles. The molecule has 0 saturated carbocycles. The Morgan fingerprint density at radius 2 is 1.67 bits per heavy atom. The van der Waals surface area contributed by atoms with Crippen molar-refractivity contribution >= 4 is 22.3 Å². The van der Waals surface area contributed by atoms with Gasteiger partial charge in [0.1, 0.15) is 12.4 Å². The van der Waals surface area contributed by atoms with Gasteiger partial charge in [-0.3, -0.25) is 4.90 Å². The number of carbonyl (C=O) groups is 1. The monoisotopic (exact) mass is 551 g/mol. The third-order valence-electron chi connectivity index (χ3n) is 7.11. The number of hydrogen-bond donors (Lipinski definition) is 0. The molecule has 1 saturated heterocycles. The molecule has 0 radical (unpaired) electrons. The Morgan fingerprint density at radius 1 is 1.05 bits per heavy atom. The molecule has 2 aliphatic rings. The first-order valence-electron chi connectivity index (χ1n) is 12.4. The number of nitrogens with zero attached hydrogens (tertiary/aromatic N) is 5. The summed E-state index contributed by atoms with van der Waals surface area (Å²) >= 11 is 0. The molecule has 10 nitrogen and oxygen atoms in total. The van der Waals surface area contributed by atoms with Crippen molar-refractivity contribution in [2.75, 3.05) is 32.8 Å². The van der Waals surface area contributed by atoms with Gasteiger partial charge in [-0.1, -0.05) is 57.5 Å². The molecule has 1 amide bonds. The lowest BCUT2D eigenvalue weighted by Crippen LogP contribution is -2.48. The maximum atomic E-state index is 13.2. The number of amides is 1. The summed E-state index contributed by atoms with van der Waals surface area (Å²) in [4.78, 5) is 19.4. The minimum absolute atomic E-state index is 0.0148. The number of piperazine rings is 1. The molecular formula is C27H26FN5O5S. The van der Waals surface area contributed by atoms with Gasteiger partial charge in [-0.2, -0.15) is 8.42 Å². The zero-order chi connectivity index (χ0) is 27.6. The predicted molar refractivity (Wildman–Crippen MR) is 143 cm³/mol. The van der Waals surface area contributed by atoms with Crippen molar-refractivity contribution in [2.45, 2.75) is 19.4 Å². The minimum Gasteiger partial charge on any atom is -0.448 e. The van der Waals surface area contributed by atoms with Crippen LogP contribution in [-0.2, 0) is 21.8 Å². The average Bonchev–Trinajstić information content (AvgIpc) is 3.23. The Kier molecular flexibility index (Phi) is 7.42. The highest BCUT2D eigenvalue weighted by molar-refractivity contribution is 7.81. The SMILES string of the molecule is Cc1c(N=[N+]=[N-])cc(CN2CCN(C(=O)OCC3c4ccccc4-c4ccccc43)CC2)cc1OS(=O)(=O)F. The van der Waals surface area contributed by atoms with Gasteiger partial charge in [0, 0.05) is 54.8 Å². The quantitative estimate of drug-likeness (QED) is 0.163. The molecule has 3 aromatic carbocycles. The minimum atomic E-state index is -5.25. The van der Waals surface area contributed by atoms with E-state index < -0.39 is 10.5 Å². The summed E-state index contributed by atoms with van der Waals surface area (Å²) in [6, 6.07) is 19.3. The highest BCUT2D eigenvalue weighted by Crippen LogP contribution is 2.44. The van der Waals surface area contributed by atoms with Gasteiger partial charge in [0.25, 0.3) is 0 Å². The van der Waals surface area contributed by atoms with Gasteiger partial charge in [0.05, 0.1) is 0 Å². The standard InChI is InChI=1S/C27H26FN5O5S/c1-18-25(30-31-29)14-19(15-26(18)38-39(28,35)36)16-32-10-12-33(13-11-32)27(34)37-17-24-22-8-4-2-6-20(22)21-7-3-5-9-23(21)24/h2-9,14-15,24H,10-13,16-17H2,1H3. The van der Waals surface area contributed by atoms with E-state index in [1.807, 2.05) is 29.2 Å². The maximum absolute atomic E-state index is 13.2. The van der Waals surface area contributed by atoms with Crippen LogP contribution in [0.4, 0.5) is 14.4 Å². The van der Waals surface area contributed by atoms with Gasteiger partial charge in [0.2, 0.25) is 0 Å². The molecule has 0 spiro atoms. The smallest absolute Gasteiger partial charge is 0.448 e. The molecule has 1 aliphatic heterocycles. The van der Waals surface area contributed by atoms with Crippen LogP contribution in [0.25, 0.3) is 21.6 Å². The molecule has 202 valence electrons. The summed E-state index contributed by atoms with van der Waals surface area (Å²) < 4.78 is 45.4. The number of rotatable bonds is 7. The Bertz CT molecular complexity index is 1520. The fourth-order valence-electron chi connectivity index (χ4n) is 5.20. The summed E-state index contributed by atoms with van der Waals surface area (Å²) in [5, 5.41) is 3.56. The number of ether oxygens (including phenoxy) is 1. The lowest BCUT2D eigenvalue weighted by molar-refractivity contribution is 0.0728. The van der Waals surface area contributed by atoms with Crippen molar-refractivity contribution in [1.82, 2.24) is 9.80 Å². The Balaban J connectivity index is 1.20. The highest BCUT2D eigenvalue weighted by atomic mass is 32.3. The molecule has 0 unspecified atom stereocenters. The first-order chi connectivity index (χ1) is 18.7. The molecule has 12 heteroatoms. The fraction of sp³-hybridized carbons (Fsp3) is 0.296. The van der Waals surface area contributed by atoms with E-state index in [9.17, 15) is 17.1 Å². The predicted octanol–water partition coefficient (Wildman–Crippen LogP) is 5.60.